The van der Waals surface area contributed by atoms with Crippen LogP contribution in [0.25, 0.3) is 5.82 Å². The van der Waals surface area contributed by atoms with Crippen molar-refractivity contribution in [2.75, 3.05) is 25.5 Å². The average Bonchev–Trinajstić information content (AvgIpc) is 3.03. The molecule has 2 heterocycles. The third kappa shape index (κ3) is 5.34. The normalized spacial score (nSPS) is 10.7. The van der Waals surface area contributed by atoms with Crippen molar-refractivity contribution in [2.24, 2.45) is 0 Å². The van der Waals surface area contributed by atoms with Crippen LogP contribution in [0.4, 0.5) is 5.82 Å². The number of nitrogens with zero attached hydrogens (tertiary/aromatic N) is 4. The number of amides is 1. The van der Waals surface area contributed by atoms with Crippen LogP contribution >= 0.6 is 0 Å². The number of hydrogen-bond acceptors (Lipinski definition) is 6. The van der Waals surface area contributed by atoms with Crippen LogP contribution in [-0.2, 0) is 11.2 Å². The Labute approximate surface area is 176 Å². The SMILES string of the molecule is COc1ccc(CC(=O)NCCNc2cc(-n3nc(C)cc3C)nc(C)n2)cc1C. The summed E-state index contributed by atoms with van der Waals surface area (Å²) in [6.07, 6.45) is 0.333. The second-order valence-electron chi connectivity index (χ2n) is 7.25. The van der Waals surface area contributed by atoms with E-state index in [4.69, 9.17) is 4.74 Å². The van der Waals surface area contributed by atoms with Gasteiger partial charge in [0, 0.05) is 24.8 Å². The molecule has 3 aromatic rings. The van der Waals surface area contributed by atoms with E-state index in [1.807, 2.05) is 58.0 Å². The molecule has 0 spiro atoms. The monoisotopic (exact) mass is 408 g/mol. The predicted octanol–water partition coefficient (Wildman–Crippen LogP) is 2.68. The van der Waals surface area contributed by atoms with Crippen molar-refractivity contribution in [3.63, 3.8) is 0 Å². The summed E-state index contributed by atoms with van der Waals surface area (Å²) in [4.78, 5) is 21.1. The third-order valence-corrected chi connectivity index (χ3v) is 4.63. The fraction of sp³-hybridized carbons (Fsp3) is 0.364. The minimum atomic E-state index is -0.0245. The molecular formula is C22H28N6O2. The third-order valence-electron chi connectivity index (χ3n) is 4.63. The number of ether oxygens (including phenoxy) is 1. The van der Waals surface area contributed by atoms with Crippen LogP contribution in [0.5, 0.6) is 5.75 Å². The molecule has 0 saturated heterocycles. The first-order valence-corrected chi connectivity index (χ1v) is 9.89. The fourth-order valence-electron chi connectivity index (χ4n) is 3.30. The van der Waals surface area contributed by atoms with Gasteiger partial charge in [-0.1, -0.05) is 12.1 Å². The van der Waals surface area contributed by atoms with E-state index >= 15 is 0 Å². The predicted molar refractivity (Wildman–Crippen MR) is 116 cm³/mol. The van der Waals surface area contributed by atoms with E-state index in [1.165, 1.54) is 0 Å². The second kappa shape index (κ2) is 9.39. The molecule has 0 aliphatic rings. The number of anilines is 1. The number of carbonyl (C=O) groups excluding carboxylic acids is 1. The number of carbonyl (C=O) groups is 1. The van der Waals surface area contributed by atoms with Gasteiger partial charge in [0.25, 0.3) is 0 Å². The Kier molecular flexibility index (Phi) is 6.66. The van der Waals surface area contributed by atoms with Crippen molar-refractivity contribution in [3.05, 3.63) is 58.7 Å². The quantitative estimate of drug-likeness (QED) is 0.557. The van der Waals surface area contributed by atoms with Gasteiger partial charge in [0.2, 0.25) is 5.91 Å². The molecule has 3 rings (SSSR count). The molecule has 0 unspecified atom stereocenters. The first-order valence-electron chi connectivity index (χ1n) is 9.89. The summed E-state index contributed by atoms with van der Waals surface area (Å²) in [7, 11) is 1.64. The molecule has 0 saturated carbocycles. The topological polar surface area (TPSA) is 94.0 Å². The van der Waals surface area contributed by atoms with E-state index in [0.29, 0.717) is 31.2 Å². The van der Waals surface area contributed by atoms with Gasteiger partial charge in [0.1, 0.15) is 17.4 Å². The maximum Gasteiger partial charge on any atom is 0.224 e. The number of benzene rings is 1. The molecule has 0 aliphatic carbocycles. The summed E-state index contributed by atoms with van der Waals surface area (Å²) in [6.45, 7) is 8.80. The van der Waals surface area contributed by atoms with Gasteiger partial charge in [0.05, 0.1) is 19.2 Å². The zero-order valence-electron chi connectivity index (χ0n) is 18.1. The van der Waals surface area contributed by atoms with Crippen LogP contribution in [0.3, 0.4) is 0 Å². The lowest BCUT2D eigenvalue weighted by atomic mass is 10.1. The highest BCUT2D eigenvalue weighted by Gasteiger charge is 2.09. The number of rotatable bonds is 8. The number of nitrogens with one attached hydrogen (secondary N) is 2. The smallest absolute Gasteiger partial charge is 0.224 e. The lowest BCUT2D eigenvalue weighted by molar-refractivity contribution is -0.120. The van der Waals surface area contributed by atoms with E-state index in [9.17, 15) is 4.79 Å². The van der Waals surface area contributed by atoms with E-state index < -0.39 is 0 Å². The highest BCUT2D eigenvalue weighted by Crippen LogP contribution is 2.18. The molecule has 0 radical (unpaired) electrons. The van der Waals surface area contributed by atoms with Crippen molar-refractivity contribution < 1.29 is 9.53 Å². The number of hydrogen-bond donors (Lipinski definition) is 2. The first kappa shape index (κ1) is 21.3. The lowest BCUT2D eigenvalue weighted by Crippen LogP contribution is -2.30. The van der Waals surface area contributed by atoms with Gasteiger partial charge >= 0.3 is 0 Å². The molecule has 0 atom stereocenters. The number of aromatic nitrogens is 4. The first-order chi connectivity index (χ1) is 14.4. The van der Waals surface area contributed by atoms with Crippen molar-refractivity contribution >= 4 is 11.7 Å². The largest absolute Gasteiger partial charge is 0.496 e. The van der Waals surface area contributed by atoms with Crippen molar-refractivity contribution in [2.45, 2.75) is 34.1 Å². The molecule has 2 aromatic heterocycles. The van der Waals surface area contributed by atoms with Crippen LogP contribution in [0.2, 0.25) is 0 Å². The van der Waals surface area contributed by atoms with E-state index in [0.717, 1.165) is 34.1 Å². The molecule has 1 amide bonds. The molecular weight excluding hydrogens is 380 g/mol. The van der Waals surface area contributed by atoms with Gasteiger partial charge in [-0.15, -0.1) is 0 Å². The standard InChI is InChI=1S/C22H28N6O2/c1-14-10-18(6-7-19(14)30-5)12-22(29)24-9-8-23-20-13-21(26-17(4)25-20)28-16(3)11-15(2)27-28/h6-7,10-11,13H,8-9,12H2,1-5H3,(H,24,29)(H,23,25,26). The van der Waals surface area contributed by atoms with Gasteiger partial charge in [-0.2, -0.15) is 5.10 Å². The number of aryl methyl sites for hydroxylation is 4. The summed E-state index contributed by atoms with van der Waals surface area (Å²) < 4.78 is 7.05. The van der Waals surface area contributed by atoms with Gasteiger partial charge in [0.15, 0.2) is 5.82 Å². The number of methoxy groups -OCH3 is 1. The van der Waals surface area contributed by atoms with Crippen LogP contribution in [0, 0.1) is 27.7 Å². The Bertz CT molecular complexity index is 1040. The van der Waals surface area contributed by atoms with Crippen molar-refractivity contribution in [3.8, 4) is 11.6 Å². The van der Waals surface area contributed by atoms with E-state index in [-0.39, 0.29) is 5.91 Å². The van der Waals surface area contributed by atoms with Gasteiger partial charge < -0.3 is 15.4 Å². The zero-order chi connectivity index (χ0) is 21.7. The molecule has 30 heavy (non-hydrogen) atoms. The molecule has 0 aliphatic heterocycles. The molecule has 158 valence electrons. The highest BCUT2D eigenvalue weighted by atomic mass is 16.5. The molecule has 0 fully saturated rings. The summed E-state index contributed by atoms with van der Waals surface area (Å²) in [5.41, 5.74) is 3.92. The van der Waals surface area contributed by atoms with Gasteiger partial charge in [-0.05, 0) is 51.0 Å². The zero-order valence-corrected chi connectivity index (χ0v) is 18.1. The minimum absolute atomic E-state index is 0.0245. The molecule has 1 aromatic carbocycles. The summed E-state index contributed by atoms with van der Waals surface area (Å²) in [5, 5.41) is 10.6. The fourth-order valence-corrected chi connectivity index (χ4v) is 3.30. The van der Waals surface area contributed by atoms with Crippen molar-refractivity contribution in [1.29, 1.82) is 0 Å². The second-order valence-corrected chi connectivity index (χ2v) is 7.25. The van der Waals surface area contributed by atoms with Crippen LogP contribution < -0.4 is 15.4 Å². The van der Waals surface area contributed by atoms with E-state index in [1.54, 1.807) is 11.8 Å². The molecule has 2 N–H and O–H groups in total. The summed E-state index contributed by atoms with van der Waals surface area (Å²) in [5.74, 6) is 2.87. The Hall–Kier alpha value is -3.42. The highest BCUT2D eigenvalue weighted by molar-refractivity contribution is 5.78. The van der Waals surface area contributed by atoms with Gasteiger partial charge in [-0.3, -0.25) is 4.79 Å². The molecule has 0 bridgehead atoms. The Morgan fingerprint density at radius 2 is 1.87 bits per heavy atom. The molecule has 8 nitrogen and oxygen atoms in total. The van der Waals surface area contributed by atoms with Crippen LogP contribution in [0.15, 0.2) is 30.3 Å². The minimum Gasteiger partial charge on any atom is -0.496 e. The van der Waals surface area contributed by atoms with Gasteiger partial charge in [-0.25, -0.2) is 14.6 Å². The maximum atomic E-state index is 12.2. The lowest BCUT2D eigenvalue weighted by Gasteiger charge is -2.11. The maximum absolute atomic E-state index is 12.2. The Morgan fingerprint density at radius 3 is 2.53 bits per heavy atom. The summed E-state index contributed by atoms with van der Waals surface area (Å²) in [6, 6.07) is 9.63. The van der Waals surface area contributed by atoms with E-state index in [2.05, 4.69) is 25.7 Å². The Morgan fingerprint density at radius 1 is 1.07 bits per heavy atom. The Balaban J connectivity index is 1.52. The average molecular weight is 409 g/mol. The molecule has 8 heteroatoms. The van der Waals surface area contributed by atoms with Crippen LogP contribution in [0.1, 0.15) is 28.3 Å². The van der Waals surface area contributed by atoms with Crippen LogP contribution in [-0.4, -0.2) is 45.9 Å². The summed E-state index contributed by atoms with van der Waals surface area (Å²) >= 11 is 0. The van der Waals surface area contributed by atoms with Crippen molar-refractivity contribution in [1.82, 2.24) is 25.1 Å².